The number of aryl methyl sites for hydroxylation is 1. The zero-order valence-electron chi connectivity index (χ0n) is 13.8. The zero-order valence-corrected chi connectivity index (χ0v) is 13.8. The van der Waals surface area contributed by atoms with Crippen molar-refractivity contribution < 1.29 is 18.7 Å². The number of carbonyl (C=O) groups excluding carboxylic acids is 1. The smallest absolute Gasteiger partial charge is 0.252 e. The number of fused-ring (bicyclic) bond motifs is 1. The molecule has 0 spiro atoms. The lowest BCUT2D eigenvalue weighted by Crippen LogP contribution is -2.45. The van der Waals surface area contributed by atoms with E-state index in [-0.39, 0.29) is 17.9 Å². The minimum atomic E-state index is -0.547. The van der Waals surface area contributed by atoms with E-state index >= 15 is 0 Å². The normalized spacial score (nSPS) is 19.9. The summed E-state index contributed by atoms with van der Waals surface area (Å²) in [5.74, 6) is 0.859. The molecule has 124 valence electrons. The molecular formula is C18H23NO4. The highest BCUT2D eigenvalue weighted by atomic mass is 16.6. The average molecular weight is 317 g/mol. The summed E-state index contributed by atoms with van der Waals surface area (Å²) in [7, 11) is 0. The Morgan fingerprint density at radius 1 is 1.26 bits per heavy atom. The van der Waals surface area contributed by atoms with Gasteiger partial charge in [0.1, 0.15) is 11.3 Å². The van der Waals surface area contributed by atoms with E-state index in [0.717, 1.165) is 22.3 Å². The highest BCUT2D eigenvalue weighted by Gasteiger charge is 2.29. The van der Waals surface area contributed by atoms with Crippen molar-refractivity contribution in [2.75, 3.05) is 19.8 Å². The van der Waals surface area contributed by atoms with Crippen molar-refractivity contribution in [1.29, 1.82) is 0 Å². The number of ether oxygens (including phenoxy) is 2. The first-order chi connectivity index (χ1) is 11.1. The molecule has 0 saturated carbocycles. The molecule has 1 aliphatic heterocycles. The molecule has 1 aromatic carbocycles. The fourth-order valence-electron chi connectivity index (χ4n) is 2.91. The molecule has 1 saturated heterocycles. The Morgan fingerprint density at radius 3 is 2.70 bits per heavy atom. The minimum absolute atomic E-state index is 0.150. The molecule has 1 amide bonds. The van der Waals surface area contributed by atoms with E-state index in [9.17, 15) is 4.79 Å². The van der Waals surface area contributed by atoms with Gasteiger partial charge in [0.2, 0.25) is 0 Å². The lowest BCUT2D eigenvalue weighted by atomic mass is 9.98. The maximum atomic E-state index is 12.5. The minimum Gasteiger partial charge on any atom is -0.459 e. The lowest BCUT2D eigenvalue weighted by molar-refractivity contribution is -0.148. The van der Waals surface area contributed by atoms with Gasteiger partial charge in [0.15, 0.2) is 6.10 Å². The summed E-state index contributed by atoms with van der Waals surface area (Å²) in [6.07, 6.45) is -0.547. The first-order valence-corrected chi connectivity index (χ1v) is 8.05. The van der Waals surface area contributed by atoms with Crippen LogP contribution < -0.4 is 5.32 Å². The van der Waals surface area contributed by atoms with Crippen molar-refractivity contribution in [3.05, 3.63) is 35.6 Å². The molecule has 1 aliphatic rings. The van der Waals surface area contributed by atoms with Crippen molar-refractivity contribution >= 4 is 16.9 Å². The van der Waals surface area contributed by atoms with Gasteiger partial charge in [-0.05, 0) is 18.9 Å². The molecule has 0 aliphatic carbocycles. The van der Waals surface area contributed by atoms with Gasteiger partial charge in [-0.25, -0.2) is 0 Å². The second-order valence-electron chi connectivity index (χ2n) is 6.25. The van der Waals surface area contributed by atoms with Gasteiger partial charge in [0.05, 0.1) is 25.9 Å². The van der Waals surface area contributed by atoms with E-state index in [0.29, 0.717) is 19.8 Å². The molecule has 1 fully saturated rings. The van der Waals surface area contributed by atoms with Crippen LogP contribution >= 0.6 is 0 Å². The summed E-state index contributed by atoms with van der Waals surface area (Å²) in [4.78, 5) is 12.5. The number of hydrogen-bond donors (Lipinski definition) is 1. The molecule has 5 heteroatoms. The van der Waals surface area contributed by atoms with Crippen LogP contribution in [0.5, 0.6) is 0 Å². The van der Waals surface area contributed by atoms with E-state index in [1.165, 1.54) is 0 Å². The maximum absolute atomic E-state index is 12.5. The summed E-state index contributed by atoms with van der Waals surface area (Å²) < 4.78 is 16.8. The van der Waals surface area contributed by atoms with E-state index in [4.69, 9.17) is 13.9 Å². The van der Waals surface area contributed by atoms with Crippen LogP contribution in [0.3, 0.4) is 0 Å². The van der Waals surface area contributed by atoms with Crippen molar-refractivity contribution in [3.8, 4) is 0 Å². The van der Waals surface area contributed by atoms with Crippen LogP contribution in [0.4, 0.5) is 0 Å². The number of carbonyl (C=O) groups is 1. The van der Waals surface area contributed by atoms with Gasteiger partial charge in [-0.1, -0.05) is 32.0 Å². The molecule has 0 unspecified atom stereocenters. The van der Waals surface area contributed by atoms with Crippen LogP contribution in [0.1, 0.15) is 31.2 Å². The first kappa shape index (κ1) is 16.0. The summed E-state index contributed by atoms with van der Waals surface area (Å²) in [6, 6.07) is 7.73. The van der Waals surface area contributed by atoms with Crippen LogP contribution in [0.15, 0.2) is 28.7 Å². The van der Waals surface area contributed by atoms with E-state index < -0.39 is 6.10 Å². The standard InChI is InChI=1S/C18H23NO4/c1-11(2)16(19-18(20)15-10-21-8-9-22-15)17-12(3)13-6-4-5-7-14(13)23-17/h4-7,11,15-16H,8-10H2,1-3H3,(H,19,20)/t15-,16-/m1/s1. The first-order valence-electron chi connectivity index (χ1n) is 8.05. The van der Waals surface area contributed by atoms with Crippen LogP contribution in [0.2, 0.25) is 0 Å². The second kappa shape index (κ2) is 6.72. The van der Waals surface area contributed by atoms with E-state index in [2.05, 4.69) is 19.2 Å². The second-order valence-corrected chi connectivity index (χ2v) is 6.25. The third-order valence-electron chi connectivity index (χ3n) is 4.24. The predicted octanol–water partition coefficient (Wildman–Crippen LogP) is 2.97. The van der Waals surface area contributed by atoms with Crippen molar-refractivity contribution in [2.45, 2.75) is 32.9 Å². The Kier molecular flexibility index (Phi) is 4.68. The highest BCUT2D eigenvalue weighted by molar-refractivity contribution is 5.84. The number of benzene rings is 1. The zero-order chi connectivity index (χ0) is 16.4. The predicted molar refractivity (Wildman–Crippen MR) is 87.2 cm³/mol. The molecule has 0 radical (unpaired) electrons. The molecular weight excluding hydrogens is 294 g/mol. The number of para-hydroxylation sites is 1. The van der Waals surface area contributed by atoms with Crippen LogP contribution in [-0.4, -0.2) is 31.8 Å². The van der Waals surface area contributed by atoms with E-state index in [1.807, 2.05) is 31.2 Å². The number of hydrogen-bond acceptors (Lipinski definition) is 4. The van der Waals surface area contributed by atoms with Gasteiger partial charge >= 0.3 is 0 Å². The van der Waals surface area contributed by atoms with Crippen molar-refractivity contribution in [2.24, 2.45) is 5.92 Å². The Bertz CT molecular complexity index is 685. The van der Waals surface area contributed by atoms with Gasteiger partial charge in [-0.2, -0.15) is 0 Å². The van der Waals surface area contributed by atoms with E-state index in [1.54, 1.807) is 0 Å². The molecule has 5 nitrogen and oxygen atoms in total. The molecule has 2 atom stereocenters. The molecule has 3 rings (SSSR count). The van der Waals surface area contributed by atoms with Crippen molar-refractivity contribution in [1.82, 2.24) is 5.32 Å². The molecule has 2 heterocycles. The molecule has 0 bridgehead atoms. The lowest BCUT2D eigenvalue weighted by Gasteiger charge is -2.26. The Hall–Kier alpha value is -1.85. The Labute approximate surface area is 135 Å². The monoisotopic (exact) mass is 317 g/mol. The fourth-order valence-corrected chi connectivity index (χ4v) is 2.91. The van der Waals surface area contributed by atoms with Crippen LogP contribution in [-0.2, 0) is 14.3 Å². The van der Waals surface area contributed by atoms with Gasteiger partial charge < -0.3 is 19.2 Å². The third-order valence-corrected chi connectivity index (χ3v) is 4.24. The van der Waals surface area contributed by atoms with Crippen molar-refractivity contribution in [3.63, 3.8) is 0 Å². The van der Waals surface area contributed by atoms with Gasteiger partial charge in [-0.3, -0.25) is 4.79 Å². The topological polar surface area (TPSA) is 60.7 Å². The maximum Gasteiger partial charge on any atom is 0.252 e. The van der Waals surface area contributed by atoms with Crippen LogP contribution in [0.25, 0.3) is 11.0 Å². The van der Waals surface area contributed by atoms with Gasteiger partial charge in [0.25, 0.3) is 5.91 Å². The molecule has 1 aromatic heterocycles. The quantitative estimate of drug-likeness (QED) is 0.942. The SMILES string of the molecule is Cc1c([C@H](NC(=O)[C@H]2COCCO2)C(C)C)oc2ccccc12. The average Bonchev–Trinajstić information content (AvgIpc) is 2.90. The largest absolute Gasteiger partial charge is 0.459 e. The summed E-state index contributed by atoms with van der Waals surface area (Å²) in [6.45, 7) is 7.46. The Morgan fingerprint density at radius 2 is 2.04 bits per heavy atom. The van der Waals surface area contributed by atoms with Gasteiger partial charge in [0, 0.05) is 10.9 Å². The fraction of sp³-hybridized carbons (Fsp3) is 0.500. The number of amides is 1. The molecule has 1 N–H and O–H groups in total. The third kappa shape index (κ3) is 3.26. The summed E-state index contributed by atoms with van der Waals surface area (Å²) in [5.41, 5.74) is 1.91. The summed E-state index contributed by atoms with van der Waals surface area (Å²) >= 11 is 0. The number of rotatable bonds is 4. The summed E-state index contributed by atoms with van der Waals surface area (Å²) in [5, 5.41) is 4.15. The van der Waals surface area contributed by atoms with Gasteiger partial charge in [-0.15, -0.1) is 0 Å². The molecule has 2 aromatic rings. The van der Waals surface area contributed by atoms with Crippen LogP contribution in [0, 0.1) is 12.8 Å². The number of furan rings is 1. The molecule has 23 heavy (non-hydrogen) atoms. The Balaban J connectivity index is 1.85. The highest BCUT2D eigenvalue weighted by Crippen LogP contribution is 2.32. The number of nitrogens with one attached hydrogen (secondary N) is 1.